The van der Waals surface area contributed by atoms with Gasteiger partial charge in [-0.25, -0.2) is 4.79 Å². The predicted octanol–water partition coefficient (Wildman–Crippen LogP) is 3.82. The van der Waals surface area contributed by atoms with Crippen LogP contribution in [0, 0.1) is 11.3 Å². The van der Waals surface area contributed by atoms with Gasteiger partial charge in [-0.3, -0.25) is 0 Å². The van der Waals surface area contributed by atoms with Gasteiger partial charge in [0.2, 0.25) is 0 Å². The lowest BCUT2D eigenvalue weighted by Crippen LogP contribution is -2.00. The van der Waals surface area contributed by atoms with Crippen LogP contribution in [0.3, 0.4) is 0 Å². The van der Waals surface area contributed by atoms with E-state index >= 15 is 0 Å². The van der Waals surface area contributed by atoms with E-state index in [1.807, 2.05) is 6.07 Å². The van der Waals surface area contributed by atoms with Crippen LogP contribution in [0.5, 0.6) is 17.2 Å². The molecular formula is C15H10BrNO4. The molecule has 0 aromatic heterocycles. The Morgan fingerprint density at radius 1 is 1.24 bits per heavy atom. The molecule has 0 saturated carbocycles. The Kier molecular flexibility index (Phi) is 4.45. The molecule has 1 N–H and O–H groups in total. The Balaban J connectivity index is 2.43. The molecular weight excluding hydrogens is 338 g/mol. The molecule has 106 valence electrons. The van der Waals surface area contributed by atoms with Gasteiger partial charge in [0.1, 0.15) is 22.8 Å². The summed E-state index contributed by atoms with van der Waals surface area (Å²) in [6.45, 7) is 0. The van der Waals surface area contributed by atoms with Gasteiger partial charge in [-0.2, -0.15) is 5.26 Å². The van der Waals surface area contributed by atoms with Crippen molar-refractivity contribution in [2.75, 3.05) is 7.11 Å². The number of rotatable bonds is 4. The fourth-order valence-corrected chi connectivity index (χ4v) is 2.06. The molecule has 0 radical (unpaired) electrons. The van der Waals surface area contributed by atoms with E-state index < -0.39 is 5.97 Å². The molecule has 2 aromatic carbocycles. The molecule has 0 unspecified atom stereocenters. The van der Waals surface area contributed by atoms with Crippen molar-refractivity contribution < 1.29 is 19.4 Å². The Labute approximate surface area is 129 Å². The molecule has 6 heteroatoms. The van der Waals surface area contributed by atoms with Crippen LogP contribution in [0.4, 0.5) is 0 Å². The third kappa shape index (κ3) is 3.52. The molecule has 0 aliphatic rings. The summed E-state index contributed by atoms with van der Waals surface area (Å²) in [6, 6.07) is 11.3. The van der Waals surface area contributed by atoms with Gasteiger partial charge in [0.15, 0.2) is 0 Å². The van der Waals surface area contributed by atoms with Gasteiger partial charge in [-0.15, -0.1) is 0 Å². The van der Waals surface area contributed by atoms with Crippen LogP contribution in [0.2, 0.25) is 0 Å². The van der Waals surface area contributed by atoms with E-state index in [0.717, 1.165) is 0 Å². The molecule has 2 rings (SSSR count). The third-order valence-corrected chi connectivity index (χ3v) is 3.14. The third-order valence-electron chi connectivity index (χ3n) is 2.64. The number of carboxylic acid groups (broad SMARTS) is 1. The normalized spacial score (nSPS) is 9.76. The average Bonchev–Trinajstić information content (AvgIpc) is 2.48. The summed E-state index contributed by atoms with van der Waals surface area (Å²) in [7, 11) is 1.47. The number of nitrogens with zero attached hydrogens (tertiary/aromatic N) is 1. The Bertz CT molecular complexity index is 737. The molecule has 5 nitrogen and oxygen atoms in total. The van der Waals surface area contributed by atoms with Crippen molar-refractivity contribution in [2.24, 2.45) is 0 Å². The molecule has 0 bridgehead atoms. The smallest absolute Gasteiger partial charge is 0.339 e. The molecule has 0 atom stereocenters. The largest absolute Gasteiger partial charge is 0.497 e. The summed E-state index contributed by atoms with van der Waals surface area (Å²) in [5.74, 6) is -0.133. The second-order valence-electron chi connectivity index (χ2n) is 4.06. The number of nitriles is 1. The molecule has 21 heavy (non-hydrogen) atoms. The number of ether oxygens (including phenoxy) is 2. The zero-order valence-corrected chi connectivity index (χ0v) is 12.5. The maximum absolute atomic E-state index is 11.2. The van der Waals surface area contributed by atoms with E-state index in [4.69, 9.17) is 14.7 Å². The number of carboxylic acids is 1. The van der Waals surface area contributed by atoms with E-state index in [0.29, 0.717) is 21.5 Å². The van der Waals surface area contributed by atoms with Crippen LogP contribution in [0.15, 0.2) is 40.9 Å². The van der Waals surface area contributed by atoms with Crippen molar-refractivity contribution >= 4 is 21.9 Å². The van der Waals surface area contributed by atoms with E-state index in [1.54, 1.807) is 24.3 Å². The molecule has 2 aromatic rings. The van der Waals surface area contributed by atoms with Crippen molar-refractivity contribution in [2.45, 2.75) is 0 Å². The average molecular weight is 348 g/mol. The number of hydrogen-bond acceptors (Lipinski definition) is 4. The first-order chi connectivity index (χ1) is 10.0. The second-order valence-corrected chi connectivity index (χ2v) is 4.97. The van der Waals surface area contributed by atoms with Gasteiger partial charge < -0.3 is 14.6 Å². The highest BCUT2D eigenvalue weighted by Gasteiger charge is 2.13. The van der Waals surface area contributed by atoms with Gasteiger partial charge in [-0.1, -0.05) is 15.9 Å². The summed E-state index contributed by atoms with van der Waals surface area (Å²) < 4.78 is 11.3. The van der Waals surface area contributed by atoms with Gasteiger partial charge in [0.25, 0.3) is 0 Å². The summed E-state index contributed by atoms with van der Waals surface area (Å²) in [5, 5.41) is 18.2. The maximum Gasteiger partial charge on any atom is 0.339 e. The zero-order valence-electron chi connectivity index (χ0n) is 11.0. The number of hydrogen-bond donors (Lipinski definition) is 1. The van der Waals surface area contributed by atoms with Crippen molar-refractivity contribution in [3.05, 3.63) is 52.0 Å². The minimum Gasteiger partial charge on any atom is -0.497 e. The Morgan fingerprint density at radius 2 is 1.95 bits per heavy atom. The summed E-state index contributed by atoms with van der Waals surface area (Å²) in [5.41, 5.74) is 0.379. The predicted molar refractivity (Wildman–Crippen MR) is 78.9 cm³/mol. The van der Waals surface area contributed by atoms with Gasteiger partial charge in [0.05, 0.1) is 18.7 Å². The highest BCUT2D eigenvalue weighted by molar-refractivity contribution is 9.10. The number of aromatic carboxylic acids is 1. The van der Waals surface area contributed by atoms with Crippen molar-refractivity contribution in [1.82, 2.24) is 0 Å². The van der Waals surface area contributed by atoms with Crippen molar-refractivity contribution in [1.29, 1.82) is 5.26 Å². The fourth-order valence-electron chi connectivity index (χ4n) is 1.70. The number of benzene rings is 2. The number of halogens is 1. The number of methoxy groups -OCH3 is 1. The van der Waals surface area contributed by atoms with Crippen molar-refractivity contribution in [3.63, 3.8) is 0 Å². The van der Waals surface area contributed by atoms with Crippen molar-refractivity contribution in [3.8, 4) is 23.3 Å². The molecule has 0 heterocycles. The number of carbonyl (C=O) groups is 1. The first-order valence-electron chi connectivity index (χ1n) is 5.83. The minimum atomic E-state index is -1.10. The summed E-state index contributed by atoms with van der Waals surface area (Å²) in [6.07, 6.45) is 0. The molecule has 0 aliphatic carbocycles. The lowest BCUT2D eigenvalue weighted by Gasteiger charge is -2.10. The topological polar surface area (TPSA) is 79.5 Å². The van der Waals surface area contributed by atoms with Crippen LogP contribution >= 0.6 is 15.9 Å². The fraction of sp³-hybridized carbons (Fsp3) is 0.0667. The second kappa shape index (κ2) is 6.29. The van der Waals surface area contributed by atoms with Crippen LogP contribution in [0.1, 0.15) is 15.9 Å². The highest BCUT2D eigenvalue weighted by atomic mass is 79.9. The van der Waals surface area contributed by atoms with E-state index in [-0.39, 0.29) is 11.3 Å². The molecule has 0 saturated heterocycles. The minimum absolute atomic E-state index is 0.0192. The van der Waals surface area contributed by atoms with Crippen LogP contribution in [-0.4, -0.2) is 18.2 Å². The molecule has 0 fully saturated rings. The van der Waals surface area contributed by atoms with Gasteiger partial charge in [-0.05, 0) is 30.3 Å². The maximum atomic E-state index is 11.2. The standard InChI is InChI=1S/C15H10BrNO4/c1-20-11-4-9(8-17)5-12(7-11)21-14-3-2-10(16)6-13(14)15(18)19/h2-7H,1H3,(H,18,19). The Hall–Kier alpha value is -2.52. The van der Waals surface area contributed by atoms with E-state index in [1.165, 1.54) is 19.2 Å². The van der Waals surface area contributed by atoms with Crippen LogP contribution in [0.25, 0.3) is 0 Å². The highest BCUT2D eigenvalue weighted by Crippen LogP contribution is 2.31. The summed E-state index contributed by atoms with van der Waals surface area (Å²) in [4.78, 5) is 11.2. The molecule has 0 aliphatic heterocycles. The van der Waals surface area contributed by atoms with E-state index in [2.05, 4.69) is 15.9 Å². The van der Waals surface area contributed by atoms with Gasteiger partial charge >= 0.3 is 5.97 Å². The molecule has 0 spiro atoms. The van der Waals surface area contributed by atoms with Crippen LogP contribution < -0.4 is 9.47 Å². The quantitative estimate of drug-likeness (QED) is 0.909. The van der Waals surface area contributed by atoms with Gasteiger partial charge in [0, 0.05) is 10.5 Å². The Morgan fingerprint density at radius 3 is 2.57 bits per heavy atom. The summed E-state index contributed by atoms with van der Waals surface area (Å²) >= 11 is 3.21. The van der Waals surface area contributed by atoms with Crippen LogP contribution in [-0.2, 0) is 0 Å². The molecule has 0 amide bonds. The SMILES string of the molecule is COc1cc(C#N)cc(Oc2ccc(Br)cc2C(=O)O)c1. The first kappa shape index (κ1) is 14.9. The van der Waals surface area contributed by atoms with E-state index in [9.17, 15) is 9.90 Å². The zero-order chi connectivity index (χ0) is 15.4. The monoisotopic (exact) mass is 347 g/mol. The lowest BCUT2D eigenvalue weighted by molar-refractivity contribution is 0.0694. The lowest BCUT2D eigenvalue weighted by atomic mass is 10.2. The first-order valence-corrected chi connectivity index (χ1v) is 6.62.